The van der Waals surface area contributed by atoms with Gasteiger partial charge in [0.25, 0.3) is 5.91 Å². The summed E-state index contributed by atoms with van der Waals surface area (Å²) >= 11 is 0. The minimum atomic E-state index is -5.41. The molecule has 117 heavy (non-hydrogen) atoms. The number of nitrogens with zero attached hydrogens (tertiary/aromatic N) is 9. The molecule has 6 N–H and O–H groups in total. The second-order valence-electron chi connectivity index (χ2n) is 30.4. The highest BCUT2D eigenvalue weighted by Crippen LogP contribution is 2.47. The van der Waals surface area contributed by atoms with Crippen LogP contribution in [0.2, 0.25) is 0 Å². The predicted octanol–water partition coefficient (Wildman–Crippen LogP) is 8.68. The molecule has 3 aromatic carbocycles. The van der Waals surface area contributed by atoms with Crippen LogP contribution in [0.4, 0.5) is 64.2 Å². The lowest BCUT2D eigenvalue weighted by Crippen LogP contribution is -2.62. The summed E-state index contributed by atoms with van der Waals surface area (Å²) in [5.41, 5.74) is -6.93. The number of anilines is 1. The van der Waals surface area contributed by atoms with Gasteiger partial charge in [0.1, 0.15) is 35.6 Å². The van der Waals surface area contributed by atoms with Gasteiger partial charge in [0.05, 0.1) is 81.5 Å². The Bertz CT molecular complexity index is 4510. The molecule has 4 amide bonds. The van der Waals surface area contributed by atoms with Gasteiger partial charge in [-0.2, -0.15) is 40.2 Å². The van der Waals surface area contributed by atoms with Crippen molar-refractivity contribution in [2.75, 3.05) is 91.5 Å². The van der Waals surface area contributed by atoms with Gasteiger partial charge < -0.3 is 58.5 Å². The third kappa shape index (κ3) is 23.4. The maximum Gasteiger partial charge on any atom is 0.524 e. The fraction of sp³-hybridized carbons (Fsp3) is 0.533. The number of piperazine rings is 2. The number of aliphatic carboxylic acids is 1. The van der Waals surface area contributed by atoms with E-state index < -0.39 is 195 Å². The van der Waals surface area contributed by atoms with E-state index in [2.05, 4.69) is 46.2 Å². The summed E-state index contributed by atoms with van der Waals surface area (Å²) in [5, 5.41) is 17.0. The van der Waals surface area contributed by atoms with E-state index in [1.807, 2.05) is 10.7 Å². The van der Waals surface area contributed by atoms with Crippen LogP contribution in [0.25, 0.3) is 11.3 Å². The summed E-state index contributed by atoms with van der Waals surface area (Å²) in [7, 11) is -3.93. The summed E-state index contributed by atoms with van der Waals surface area (Å²) in [5.74, 6) is -5.28. The highest BCUT2D eigenvalue weighted by molar-refractivity contribution is 7.46. The number of rotatable bonds is 32. The molecule has 0 radical (unpaired) electrons. The van der Waals surface area contributed by atoms with E-state index in [9.17, 15) is 61.8 Å². The molecule has 2 aromatic heterocycles. The molecule has 4 aliphatic heterocycles. The number of fused-ring (bicyclic) bond motifs is 2. The zero-order valence-corrected chi connectivity index (χ0v) is 65.8. The number of alkyl halides is 8. The maximum absolute atomic E-state index is 16.8. The van der Waals surface area contributed by atoms with Crippen LogP contribution in [0, 0.1) is 47.1 Å². The number of phosphoric ester groups is 1. The third-order valence-corrected chi connectivity index (χ3v) is 21.3. The van der Waals surface area contributed by atoms with Gasteiger partial charge in [-0.3, -0.25) is 49.0 Å². The zero-order chi connectivity index (χ0) is 86.0. The highest BCUT2D eigenvalue weighted by Gasteiger charge is 2.58. The third-order valence-electron chi connectivity index (χ3n) is 20.8. The Labute approximate surface area is 664 Å². The Hall–Kier alpha value is -10.2. The first-order valence-corrected chi connectivity index (χ1v) is 38.1. The molecule has 0 saturated carbocycles. The number of Topliss-reactive ketones (excluding diaryl/α,β-unsaturated/α-hetero) is 1. The number of ketones is 1. The van der Waals surface area contributed by atoms with Gasteiger partial charge in [-0.05, 0) is 107 Å². The molecular formula is C75H89F10N12O19P. The van der Waals surface area contributed by atoms with Gasteiger partial charge >= 0.3 is 57.0 Å². The molecule has 4 aliphatic rings. The first-order valence-electron chi connectivity index (χ1n) is 36.6. The number of aryl methyl sites for hydroxylation is 1. The molecule has 9 rings (SSSR count). The number of carboxylic acid groups (broad SMARTS) is 1. The van der Waals surface area contributed by atoms with E-state index in [0.29, 0.717) is 112 Å². The molecule has 5 aromatic rings. The number of amides is 4. The monoisotopic (exact) mass is 1680 g/mol. The molecule has 31 nitrogen and oxygen atoms in total. The SMILES string of the molecule is COC(=O)N[C@H](C(=O)C[C@@H](Cc1ccc(C#Cc2cnc(N3CC4CCC(C3)N4C3COC3)nc2)cc1)[C@H](CN(Cc1c(F)cc(-c2ccn(C(F)F)n2)cc1F)NC(=O)[C@@H](NC(=O)OC)C(C)(C)C(F)(F)F)OC(=O)OCOC(=O)CC(C)(C)c1c(CC(=O)N2CCN(CC(=O)O)CC2)cc(C)cc1OP(=O)(O)O)C(C)(C)C(F)(F)F. The molecule has 2 bridgehead atoms. The minimum absolute atomic E-state index is 0.0915. The minimum Gasteiger partial charge on any atom is -0.480 e. The van der Waals surface area contributed by atoms with Gasteiger partial charge in [0, 0.05) is 116 Å². The molecule has 42 heteroatoms. The van der Waals surface area contributed by atoms with Gasteiger partial charge in [0.15, 0.2) is 5.78 Å². The van der Waals surface area contributed by atoms with E-state index in [4.69, 9.17) is 23.5 Å². The molecule has 4 fully saturated rings. The Kier molecular flexibility index (Phi) is 29.1. The van der Waals surface area contributed by atoms with E-state index >= 15 is 39.9 Å². The smallest absolute Gasteiger partial charge is 0.480 e. The van der Waals surface area contributed by atoms with E-state index in [0.717, 1.165) is 39.3 Å². The average Bonchev–Trinajstić information content (AvgIpc) is 1.75. The number of methoxy groups -OCH3 is 2. The number of ether oxygens (including phenoxy) is 6. The van der Waals surface area contributed by atoms with E-state index in [1.165, 1.54) is 74.5 Å². The first-order chi connectivity index (χ1) is 54.7. The number of hydrazine groups is 1. The van der Waals surface area contributed by atoms with Crippen molar-refractivity contribution in [3.05, 3.63) is 124 Å². The average molecular weight is 1680 g/mol. The summed E-state index contributed by atoms with van der Waals surface area (Å²) in [6.45, 7) is 1.94. The summed E-state index contributed by atoms with van der Waals surface area (Å²) in [6, 6.07) is 6.13. The lowest BCUT2D eigenvalue weighted by molar-refractivity contribution is -0.221. The maximum atomic E-state index is 16.8. The second-order valence-corrected chi connectivity index (χ2v) is 31.6. The number of hydrogen-bond donors (Lipinski definition) is 6. The Morgan fingerprint density at radius 2 is 1.34 bits per heavy atom. The van der Waals surface area contributed by atoms with Crippen LogP contribution >= 0.6 is 7.82 Å². The van der Waals surface area contributed by atoms with Gasteiger partial charge in [-0.1, -0.05) is 43.9 Å². The fourth-order valence-corrected chi connectivity index (χ4v) is 14.8. The Morgan fingerprint density at radius 1 is 0.761 bits per heavy atom. The molecule has 638 valence electrons. The largest absolute Gasteiger partial charge is 0.524 e. The second kappa shape index (κ2) is 37.6. The van der Waals surface area contributed by atoms with Crippen molar-refractivity contribution in [3.8, 4) is 28.8 Å². The number of esters is 1. The van der Waals surface area contributed by atoms with Crippen LogP contribution in [0.1, 0.15) is 113 Å². The van der Waals surface area contributed by atoms with Crippen LogP contribution in [0.3, 0.4) is 0 Å². The van der Waals surface area contributed by atoms with Gasteiger partial charge in [-0.25, -0.2) is 47.4 Å². The predicted molar refractivity (Wildman–Crippen MR) is 391 cm³/mol. The summed E-state index contributed by atoms with van der Waals surface area (Å²) in [6.07, 6.45) is -15.5. The topological polar surface area (TPSA) is 375 Å². The molecule has 0 aliphatic carbocycles. The number of aromatic nitrogens is 4. The van der Waals surface area contributed by atoms with Gasteiger partial charge in [-0.15, -0.1) is 0 Å². The Morgan fingerprint density at radius 3 is 1.88 bits per heavy atom. The van der Waals surface area contributed by atoms with Crippen molar-refractivity contribution >= 4 is 61.6 Å². The van der Waals surface area contributed by atoms with Crippen LogP contribution in [-0.4, -0.2) is 237 Å². The number of alkyl carbamates (subject to hydrolysis) is 2. The standard InChI is InChI=1S/C75H89F10N12O19P/c1-42-24-48(30-59(99)93-22-20-92(21-23-93)38-60(100)101)62(57(25-42)116-117(107,108)109)71(2,3)31-61(102)113-41-114-70(106)115-58(37-95(91-65(103)64(89-69(105)111-9)73(6,7)75(83,84)85)36-52-53(76)27-46(28-54(52)77)55-18-19-96(90-55)66(78)79)47(29-56(98)63(88-68(104)110-8)72(4,5)74(80,81)82)26-44-13-10-43(11-14-44)12-15-45-32-86-67(87-33-45)94-34-49-16-17-50(35-94)97(49)51-39-112-40-51/h10-11,13-14,18-19,24-25,27-28,32-33,47,49-51,58,63-64,66H,16-17,20-23,26,29-31,34-41H2,1-9H3,(H,88,104)(H,89,105)(H,91,103)(H,100,101)(H2,107,108,109)/t47-,49?,50?,58+,63-,64-/m1/s1. The first kappa shape index (κ1) is 90.7. The molecular weight excluding hydrogens is 1590 g/mol. The molecule has 6 heterocycles. The van der Waals surface area contributed by atoms with E-state index in [1.54, 1.807) is 10.2 Å². The van der Waals surface area contributed by atoms with Crippen molar-refractivity contribution in [1.29, 1.82) is 0 Å². The lowest BCUT2D eigenvalue weighted by Gasteiger charge is -2.47. The van der Waals surface area contributed by atoms with Crippen LogP contribution in [-0.2, 0) is 81.8 Å². The number of phosphoric acid groups is 1. The van der Waals surface area contributed by atoms with Crippen LogP contribution in [0.15, 0.2) is 73.2 Å². The quantitative estimate of drug-likeness (QED) is 0.00446. The number of carboxylic acids is 1. The number of benzene rings is 3. The molecule has 2 unspecified atom stereocenters. The highest BCUT2D eigenvalue weighted by atomic mass is 31.2. The van der Waals surface area contributed by atoms with Crippen LogP contribution in [0.5, 0.6) is 5.75 Å². The number of hydrogen-bond acceptors (Lipinski definition) is 23. The van der Waals surface area contributed by atoms with E-state index in [-0.39, 0.29) is 54.1 Å². The summed E-state index contributed by atoms with van der Waals surface area (Å²) in [4.78, 5) is 147. The van der Waals surface area contributed by atoms with Crippen molar-refractivity contribution in [3.63, 3.8) is 0 Å². The van der Waals surface area contributed by atoms with Crippen molar-refractivity contribution in [2.45, 2.75) is 154 Å². The number of carbonyl (C=O) groups is 8. The fourth-order valence-electron chi connectivity index (χ4n) is 14.4. The van der Waals surface area contributed by atoms with Crippen LogP contribution < -0.4 is 25.5 Å². The summed E-state index contributed by atoms with van der Waals surface area (Å²) < 4.78 is 201. The van der Waals surface area contributed by atoms with Gasteiger partial charge in [0.2, 0.25) is 18.6 Å². The normalized spacial score (nSPS) is 17.5. The molecule has 6 atom stereocenters. The zero-order valence-electron chi connectivity index (χ0n) is 64.9. The number of nitrogens with one attached hydrogen (secondary N) is 3. The Balaban J connectivity index is 1.08. The van der Waals surface area contributed by atoms with Crippen molar-refractivity contribution in [2.24, 2.45) is 16.7 Å². The number of carbonyl (C=O) groups excluding carboxylic acids is 7. The molecule has 0 spiro atoms. The molecule has 4 saturated heterocycles. The number of halogens is 10. The van der Waals surface area contributed by atoms with Crippen molar-refractivity contribution < 1.29 is 135 Å². The van der Waals surface area contributed by atoms with Crippen molar-refractivity contribution in [1.82, 2.24) is 55.5 Å². The lowest BCUT2D eigenvalue weighted by atomic mass is 9.77.